The van der Waals surface area contributed by atoms with Crippen molar-refractivity contribution in [1.29, 1.82) is 0 Å². The molecule has 0 amide bonds. The highest BCUT2D eigenvalue weighted by Crippen LogP contribution is 2.22. The van der Waals surface area contributed by atoms with Gasteiger partial charge in [0, 0.05) is 32.8 Å². The molecule has 1 rings (SSSR count). The fraction of sp³-hybridized carbons (Fsp3) is 1.00. The molecule has 0 saturated heterocycles. The molecule has 1 aliphatic rings. The van der Waals surface area contributed by atoms with Crippen LogP contribution >= 0.6 is 0 Å². The first-order valence-electron chi connectivity index (χ1n) is 6.89. The van der Waals surface area contributed by atoms with Crippen molar-refractivity contribution in [3.05, 3.63) is 0 Å². The Bertz CT molecular complexity index is 173. The van der Waals surface area contributed by atoms with E-state index < -0.39 is 0 Å². The van der Waals surface area contributed by atoms with Gasteiger partial charge >= 0.3 is 0 Å². The van der Waals surface area contributed by atoms with Gasteiger partial charge in [0.05, 0.1) is 19.8 Å². The van der Waals surface area contributed by atoms with Gasteiger partial charge in [-0.1, -0.05) is 19.3 Å². The van der Waals surface area contributed by atoms with E-state index in [0.717, 1.165) is 32.3 Å². The van der Waals surface area contributed by atoms with Gasteiger partial charge in [-0.15, -0.1) is 0 Å². The van der Waals surface area contributed by atoms with Crippen molar-refractivity contribution in [1.82, 2.24) is 4.90 Å². The van der Waals surface area contributed by atoms with Gasteiger partial charge in [-0.05, 0) is 12.8 Å². The van der Waals surface area contributed by atoms with E-state index >= 15 is 0 Å². The molecule has 1 fully saturated rings. The lowest BCUT2D eigenvalue weighted by molar-refractivity contribution is 0.0457. The largest absolute Gasteiger partial charge is 0.382 e. The molecule has 17 heavy (non-hydrogen) atoms. The maximum atomic E-state index is 5.69. The Morgan fingerprint density at radius 3 is 2.47 bits per heavy atom. The van der Waals surface area contributed by atoms with Crippen molar-refractivity contribution in [3.63, 3.8) is 0 Å². The molecule has 4 nitrogen and oxygen atoms in total. The summed E-state index contributed by atoms with van der Waals surface area (Å²) in [5.41, 5.74) is 5.69. The summed E-state index contributed by atoms with van der Waals surface area (Å²) in [6.45, 7) is 4.91. The number of methoxy groups -OCH3 is 1. The maximum Gasteiger partial charge on any atom is 0.0700 e. The Kier molecular flexibility index (Phi) is 8.61. The Labute approximate surface area is 105 Å². The third-order valence-electron chi connectivity index (χ3n) is 3.46. The van der Waals surface area contributed by atoms with Gasteiger partial charge in [0.1, 0.15) is 0 Å². The molecular formula is C13H28N2O2. The van der Waals surface area contributed by atoms with Crippen molar-refractivity contribution >= 4 is 0 Å². The van der Waals surface area contributed by atoms with Gasteiger partial charge < -0.3 is 15.2 Å². The molecule has 0 aliphatic heterocycles. The summed E-state index contributed by atoms with van der Waals surface area (Å²) in [5, 5.41) is 0. The maximum absolute atomic E-state index is 5.69. The minimum absolute atomic E-state index is 0.681. The van der Waals surface area contributed by atoms with Crippen molar-refractivity contribution in [2.24, 2.45) is 5.73 Å². The summed E-state index contributed by atoms with van der Waals surface area (Å²) >= 11 is 0. The minimum Gasteiger partial charge on any atom is -0.382 e. The summed E-state index contributed by atoms with van der Waals surface area (Å²) in [6.07, 6.45) is 6.81. The summed E-state index contributed by atoms with van der Waals surface area (Å²) in [5.74, 6) is 0. The van der Waals surface area contributed by atoms with Gasteiger partial charge in [-0.2, -0.15) is 0 Å². The topological polar surface area (TPSA) is 47.7 Å². The van der Waals surface area contributed by atoms with E-state index in [9.17, 15) is 0 Å². The summed E-state index contributed by atoms with van der Waals surface area (Å²) in [4.78, 5) is 2.51. The lowest BCUT2D eigenvalue weighted by atomic mass is 9.94. The Morgan fingerprint density at radius 2 is 1.82 bits per heavy atom. The zero-order valence-corrected chi connectivity index (χ0v) is 11.2. The van der Waals surface area contributed by atoms with E-state index in [0.29, 0.717) is 13.2 Å². The lowest BCUT2D eigenvalue weighted by Crippen LogP contribution is -2.42. The molecular weight excluding hydrogens is 216 g/mol. The molecule has 1 saturated carbocycles. The molecule has 4 heteroatoms. The van der Waals surface area contributed by atoms with E-state index in [1.165, 1.54) is 32.1 Å². The molecule has 102 valence electrons. The fourth-order valence-electron chi connectivity index (χ4n) is 2.52. The second-order valence-corrected chi connectivity index (χ2v) is 4.72. The highest BCUT2D eigenvalue weighted by atomic mass is 16.5. The second kappa shape index (κ2) is 9.83. The van der Waals surface area contributed by atoms with Crippen LogP contribution in [0.5, 0.6) is 0 Å². The smallest absolute Gasteiger partial charge is 0.0700 e. The standard InChI is InChI=1S/C13H28N2O2/c1-16-11-12-17-10-9-15(8-7-14)13-5-3-2-4-6-13/h13H,2-12,14H2,1H3. The number of nitrogens with two attached hydrogens (primary N) is 1. The summed E-state index contributed by atoms with van der Waals surface area (Å²) < 4.78 is 10.5. The van der Waals surface area contributed by atoms with Gasteiger partial charge in [0.2, 0.25) is 0 Å². The average Bonchev–Trinajstić information content (AvgIpc) is 2.38. The van der Waals surface area contributed by atoms with E-state index in [1.54, 1.807) is 7.11 Å². The van der Waals surface area contributed by atoms with Crippen molar-refractivity contribution in [2.75, 3.05) is 46.6 Å². The quantitative estimate of drug-likeness (QED) is 0.620. The van der Waals surface area contributed by atoms with Crippen LogP contribution in [0.1, 0.15) is 32.1 Å². The minimum atomic E-state index is 0.681. The zero-order valence-electron chi connectivity index (χ0n) is 11.2. The van der Waals surface area contributed by atoms with Crippen LogP contribution in [0.2, 0.25) is 0 Å². The van der Waals surface area contributed by atoms with E-state index in [1.807, 2.05) is 0 Å². The highest BCUT2D eigenvalue weighted by Gasteiger charge is 2.19. The van der Waals surface area contributed by atoms with E-state index in [2.05, 4.69) is 4.90 Å². The zero-order chi connectivity index (χ0) is 12.3. The number of rotatable bonds is 9. The van der Waals surface area contributed by atoms with Crippen LogP contribution in [0, 0.1) is 0 Å². The van der Waals surface area contributed by atoms with Crippen LogP contribution in [0.15, 0.2) is 0 Å². The molecule has 0 aromatic carbocycles. The third kappa shape index (κ3) is 6.36. The van der Waals surface area contributed by atoms with Crippen molar-refractivity contribution in [2.45, 2.75) is 38.1 Å². The fourth-order valence-corrected chi connectivity index (χ4v) is 2.52. The molecule has 0 spiro atoms. The molecule has 0 radical (unpaired) electrons. The first kappa shape index (κ1) is 14.9. The van der Waals surface area contributed by atoms with Gasteiger partial charge in [-0.25, -0.2) is 0 Å². The van der Waals surface area contributed by atoms with Crippen molar-refractivity contribution in [3.8, 4) is 0 Å². The Balaban J connectivity index is 2.17. The van der Waals surface area contributed by atoms with Crippen LogP contribution in [0.4, 0.5) is 0 Å². The number of nitrogens with zero attached hydrogens (tertiary/aromatic N) is 1. The SMILES string of the molecule is COCCOCCN(CCN)C1CCCCC1. The average molecular weight is 244 g/mol. The highest BCUT2D eigenvalue weighted by molar-refractivity contribution is 4.75. The second-order valence-electron chi connectivity index (χ2n) is 4.72. The first-order valence-corrected chi connectivity index (χ1v) is 6.89. The normalized spacial score (nSPS) is 17.8. The van der Waals surface area contributed by atoms with Gasteiger partial charge in [0.15, 0.2) is 0 Å². The lowest BCUT2D eigenvalue weighted by Gasteiger charge is -2.34. The van der Waals surface area contributed by atoms with Crippen LogP contribution in [-0.4, -0.2) is 57.5 Å². The van der Waals surface area contributed by atoms with Crippen LogP contribution < -0.4 is 5.73 Å². The first-order chi connectivity index (χ1) is 8.38. The van der Waals surface area contributed by atoms with Crippen LogP contribution in [-0.2, 0) is 9.47 Å². The molecule has 2 N–H and O–H groups in total. The predicted octanol–water partition coefficient (Wildman–Crippen LogP) is 1.24. The molecule has 0 aromatic heterocycles. The number of ether oxygens (including phenoxy) is 2. The monoisotopic (exact) mass is 244 g/mol. The third-order valence-corrected chi connectivity index (χ3v) is 3.46. The molecule has 0 atom stereocenters. The summed E-state index contributed by atoms with van der Waals surface area (Å²) in [7, 11) is 1.70. The molecule has 0 heterocycles. The van der Waals surface area contributed by atoms with Crippen LogP contribution in [0.25, 0.3) is 0 Å². The molecule has 0 unspecified atom stereocenters. The summed E-state index contributed by atoms with van der Waals surface area (Å²) in [6, 6.07) is 0.735. The van der Waals surface area contributed by atoms with Gasteiger partial charge in [0.25, 0.3) is 0 Å². The molecule has 1 aliphatic carbocycles. The van der Waals surface area contributed by atoms with Crippen molar-refractivity contribution < 1.29 is 9.47 Å². The number of hydrogen-bond donors (Lipinski definition) is 1. The molecule has 0 aromatic rings. The Hall–Kier alpha value is -0.160. The van der Waals surface area contributed by atoms with E-state index in [-0.39, 0.29) is 0 Å². The van der Waals surface area contributed by atoms with Gasteiger partial charge in [-0.3, -0.25) is 4.90 Å². The predicted molar refractivity (Wildman–Crippen MR) is 70.2 cm³/mol. The Morgan fingerprint density at radius 1 is 1.06 bits per heavy atom. The van der Waals surface area contributed by atoms with Crippen LogP contribution in [0.3, 0.4) is 0 Å². The number of hydrogen-bond acceptors (Lipinski definition) is 4. The molecule has 0 bridgehead atoms. The van der Waals surface area contributed by atoms with E-state index in [4.69, 9.17) is 15.2 Å².